The van der Waals surface area contributed by atoms with Crippen molar-refractivity contribution in [3.05, 3.63) is 71.8 Å². The summed E-state index contributed by atoms with van der Waals surface area (Å²) in [5.41, 5.74) is 7.48. The molecule has 0 saturated carbocycles. The van der Waals surface area contributed by atoms with Gasteiger partial charge in [0, 0.05) is 0 Å². The fraction of sp³-hybridized carbons (Fsp3) is 0.417. The number of rotatable bonds is 11. The molecule has 0 saturated heterocycles. The van der Waals surface area contributed by atoms with Crippen molar-refractivity contribution in [3.8, 4) is 0 Å². The number of benzene rings is 2. The first-order valence-electron chi connectivity index (χ1n) is 10.3. The minimum absolute atomic E-state index is 0.00545. The van der Waals surface area contributed by atoms with Crippen molar-refractivity contribution < 1.29 is 9.59 Å². The average Bonchev–Trinajstić information content (AvgIpc) is 2.76. The fourth-order valence-corrected chi connectivity index (χ4v) is 3.71. The topological polar surface area (TPSA) is 84.2 Å². The van der Waals surface area contributed by atoms with Crippen LogP contribution in [0.4, 0.5) is 0 Å². The summed E-state index contributed by atoms with van der Waals surface area (Å²) in [6.07, 6.45) is 2.16. The van der Waals surface area contributed by atoms with Crippen LogP contribution in [0.5, 0.6) is 0 Å². The number of Topliss-reactive ketones (excluding diaryl/α,β-unsaturated/α-hetero) is 1. The lowest BCUT2D eigenvalue weighted by molar-refractivity contribution is -0.132. The molecule has 2 unspecified atom stereocenters. The highest BCUT2D eigenvalue weighted by Crippen LogP contribution is 2.20. The van der Waals surface area contributed by atoms with Gasteiger partial charge in [-0.1, -0.05) is 74.5 Å². The van der Waals surface area contributed by atoms with Crippen molar-refractivity contribution in [2.24, 2.45) is 5.73 Å². The lowest BCUT2D eigenvalue weighted by Gasteiger charge is -2.34. The van der Waals surface area contributed by atoms with Crippen LogP contribution in [0.25, 0.3) is 0 Å². The number of carbonyl (C=O) groups excluding carboxylic acids is 2. The number of carbonyl (C=O) groups is 2. The van der Waals surface area contributed by atoms with Gasteiger partial charge in [0.1, 0.15) is 0 Å². The molecule has 0 aliphatic carbocycles. The predicted octanol–water partition coefficient (Wildman–Crippen LogP) is 2.63. The molecule has 0 aliphatic heterocycles. The highest BCUT2D eigenvalue weighted by molar-refractivity contribution is 5.96. The highest BCUT2D eigenvalue weighted by atomic mass is 16.2. The number of hydrogen-bond donors (Lipinski definition) is 3. The van der Waals surface area contributed by atoms with Gasteiger partial charge in [0.15, 0.2) is 5.78 Å². The van der Waals surface area contributed by atoms with E-state index in [1.807, 2.05) is 74.5 Å². The molecular weight excluding hydrogens is 362 g/mol. The Morgan fingerprint density at radius 2 is 1.38 bits per heavy atom. The van der Waals surface area contributed by atoms with E-state index in [1.54, 1.807) is 7.05 Å². The van der Waals surface area contributed by atoms with Crippen LogP contribution in [0.2, 0.25) is 0 Å². The van der Waals surface area contributed by atoms with E-state index in [-0.39, 0.29) is 11.7 Å². The second-order valence-corrected chi connectivity index (χ2v) is 7.45. The normalized spacial score (nSPS) is 13.5. The number of nitrogens with two attached hydrogens (primary N) is 1. The molecule has 0 heterocycles. The summed E-state index contributed by atoms with van der Waals surface area (Å²) in [5.74, 6) is -0.311. The second kappa shape index (κ2) is 10.9. The molecule has 0 bridgehead atoms. The van der Waals surface area contributed by atoms with Crippen LogP contribution in [0.1, 0.15) is 37.8 Å². The van der Waals surface area contributed by atoms with Gasteiger partial charge in [0.05, 0.1) is 17.6 Å². The van der Waals surface area contributed by atoms with Gasteiger partial charge in [-0.3, -0.25) is 9.59 Å². The zero-order valence-corrected chi connectivity index (χ0v) is 17.7. The molecule has 0 spiro atoms. The van der Waals surface area contributed by atoms with E-state index in [0.717, 1.165) is 11.1 Å². The molecule has 4 N–H and O–H groups in total. The summed E-state index contributed by atoms with van der Waals surface area (Å²) in [6.45, 7) is 3.97. The molecule has 0 fully saturated rings. The molecule has 2 rings (SSSR count). The Labute approximate surface area is 174 Å². The smallest absolute Gasteiger partial charge is 0.237 e. The van der Waals surface area contributed by atoms with E-state index in [1.165, 1.54) is 0 Å². The van der Waals surface area contributed by atoms with E-state index >= 15 is 0 Å². The maximum absolute atomic E-state index is 13.5. The van der Waals surface area contributed by atoms with Crippen molar-refractivity contribution in [2.45, 2.75) is 57.2 Å². The summed E-state index contributed by atoms with van der Waals surface area (Å²) >= 11 is 0. The molecule has 1 amide bonds. The summed E-state index contributed by atoms with van der Waals surface area (Å²) in [5, 5.41) is 6.13. The van der Waals surface area contributed by atoms with Gasteiger partial charge < -0.3 is 16.4 Å². The summed E-state index contributed by atoms with van der Waals surface area (Å²) < 4.78 is 0. The van der Waals surface area contributed by atoms with Crippen LogP contribution in [0.3, 0.4) is 0 Å². The Balaban J connectivity index is 2.20. The van der Waals surface area contributed by atoms with Crippen molar-refractivity contribution in [1.82, 2.24) is 10.6 Å². The molecule has 5 heteroatoms. The lowest BCUT2D eigenvalue weighted by atomic mass is 9.82. The molecular formula is C24H33N3O2. The van der Waals surface area contributed by atoms with Gasteiger partial charge in [-0.15, -0.1) is 0 Å². The largest absolute Gasteiger partial charge is 0.345 e. The third kappa shape index (κ3) is 5.99. The first kappa shape index (κ1) is 22.8. The molecule has 0 aliphatic rings. The zero-order chi connectivity index (χ0) is 21.3. The minimum Gasteiger partial charge on any atom is -0.345 e. The maximum atomic E-state index is 13.5. The number of likely N-dealkylation sites (N-methyl/N-ethyl adjacent to an activating group) is 1. The average molecular weight is 396 g/mol. The van der Waals surface area contributed by atoms with Crippen molar-refractivity contribution in [1.29, 1.82) is 0 Å². The van der Waals surface area contributed by atoms with Crippen LogP contribution >= 0.6 is 0 Å². The van der Waals surface area contributed by atoms with Crippen LogP contribution < -0.4 is 16.4 Å². The summed E-state index contributed by atoms with van der Waals surface area (Å²) in [7, 11) is 1.80. The fourth-order valence-electron chi connectivity index (χ4n) is 3.71. The van der Waals surface area contributed by atoms with E-state index in [4.69, 9.17) is 5.73 Å². The van der Waals surface area contributed by atoms with Gasteiger partial charge in [0.2, 0.25) is 5.91 Å². The van der Waals surface area contributed by atoms with Gasteiger partial charge in [-0.05, 0) is 43.9 Å². The molecule has 2 aromatic carbocycles. The van der Waals surface area contributed by atoms with Crippen LogP contribution in [-0.4, -0.2) is 36.4 Å². The number of hydrogen-bond acceptors (Lipinski definition) is 4. The zero-order valence-electron chi connectivity index (χ0n) is 17.7. The third-order valence-corrected chi connectivity index (χ3v) is 5.71. The molecule has 0 radical (unpaired) electrons. The molecule has 29 heavy (non-hydrogen) atoms. The van der Waals surface area contributed by atoms with Gasteiger partial charge in [-0.2, -0.15) is 0 Å². The van der Waals surface area contributed by atoms with Crippen molar-refractivity contribution in [2.75, 3.05) is 7.05 Å². The Morgan fingerprint density at radius 1 is 0.897 bits per heavy atom. The maximum Gasteiger partial charge on any atom is 0.237 e. The number of amides is 1. The summed E-state index contributed by atoms with van der Waals surface area (Å²) in [4.78, 5) is 26.3. The van der Waals surface area contributed by atoms with Crippen molar-refractivity contribution >= 4 is 11.7 Å². The predicted molar refractivity (Wildman–Crippen MR) is 118 cm³/mol. The SMILES string of the molecule is CCC(CC)(NC)C(=O)C(Cc1ccccc1)NC(=O)C(N)Cc1ccccc1. The standard InChI is InChI=1S/C24H33N3O2/c1-4-24(5-2,26-3)22(28)21(17-19-14-10-7-11-15-19)27-23(29)20(25)16-18-12-8-6-9-13-18/h6-15,20-21,26H,4-5,16-17,25H2,1-3H3,(H,27,29). The minimum atomic E-state index is -0.712. The second-order valence-electron chi connectivity index (χ2n) is 7.45. The lowest BCUT2D eigenvalue weighted by Crippen LogP contribution is -2.60. The molecule has 156 valence electrons. The Morgan fingerprint density at radius 3 is 1.83 bits per heavy atom. The first-order valence-corrected chi connectivity index (χ1v) is 10.3. The molecule has 0 aromatic heterocycles. The van der Waals surface area contributed by atoms with Crippen LogP contribution in [0.15, 0.2) is 60.7 Å². The van der Waals surface area contributed by atoms with E-state index in [9.17, 15) is 9.59 Å². The van der Waals surface area contributed by atoms with Gasteiger partial charge in [0.25, 0.3) is 0 Å². The highest BCUT2D eigenvalue weighted by Gasteiger charge is 2.38. The van der Waals surface area contributed by atoms with Gasteiger partial charge >= 0.3 is 0 Å². The van der Waals surface area contributed by atoms with E-state index in [0.29, 0.717) is 25.7 Å². The van der Waals surface area contributed by atoms with E-state index < -0.39 is 17.6 Å². The Kier molecular flexibility index (Phi) is 8.55. The van der Waals surface area contributed by atoms with Crippen LogP contribution in [-0.2, 0) is 22.4 Å². The third-order valence-electron chi connectivity index (χ3n) is 5.71. The molecule has 5 nitrogen and oxygen atoms in total. The molecule has 2 atom stereocenters. The first-order chi connectivity index (χ1) is 14.0. The van der Waals surface area contributed by atoms with Crippen molar-refractivity contribution in [3.63, 3.8) is 0 Å². The van der Waals surface area contributed by atoms with E-state index in [2.05, 4.69) is 10.6 Å². The monoisotopic (exact) mass is 395 g/mol. The summed E-state index contributed by atoms with van der Waals surface area (Å²) in [6, 6.07) is 18.0. The van der Waals surface area contributed by atoms with Crippen LogP contribution in [0, 0.1) is 0 Å². The number of nitrogens with one attached hydrogen (secondary N) is 2. The molecule has 2 aromatic rings. The number of ketones is 1. The van der Waals surface area contributed by atoms with Gasteiger partial charge in [-0.25, -0.2) is 0 Å². The Bertz CT molecular complexity index is 765. The quantitative estimate of drug-likeness (QED) is 0.546. The Hall–Kier alpha value is -2.50.